The van der Waals surface area contributed by atoms with Crippen LogP contribution in [0.1, 0.15) is 34.1 Å². The van der Waals surface area contributed by atoms with E-state index in [9.17, 15) is 0 Å². The van der Waals surface area contributed by atoms with Crippen LogP contribution in [0.15, 0.2) is 17.0 Å². The summed E-state index contributed by atoms with van der Waals surface area (Å²) < 4.78 is 4.68. The average molecular weight is 237 g/mol. The number of aryl methyl sites for hydroxylation is 2. The maximum Gasteiger partial charge on any atom is 0.213 e. The summed E-state index contributed by atoms with van der Waals surface area (Å²) in [6, 6.07) is 2.54. The molecule has 1 atom stereocenters. The second-order valence-corrected chi connectivity index (χ2v) is 5.28. The molecular formula is C11H15N3OS. The SMILES string of the molecule is Cc1cc(C(C)NCc2ncon2)c(C)s1. The lowest BCUT2D eigenvalue weighted by molar-refractivity contribution is 0.405. The van der Waals surface area contributed by atoms with Gasteiger partial charge in [0.15, 0.2) is 5.82 Å². The van der Waals surface area contributed by atoms with Crippen molar-refractivity contribution in [3.63, 3.8) is 0 Å². The molecule has 2 aromatic heterocycles. The summed E-state index contributed by atoms with van der Waals surface area (Å²) in [6.45, 7) is 7.06. The highest BCUT2D eigenvalue weighted by Crippen LogP contribution is 2.26. The van der Waals surface area contributed by atoms with Crippen LogP contribution in [0, 0.1) is 13.8 Å². The molecule has 86 valence electrons. The predicted octanol–water partition coefficient (Wildman–Crippen LogP) is 2.60. The molecule has 16 heavy (non-hydrogen) atoms. The maximum atomic E-state index is 4.68. The molecule has 2 rings (SSSR count). The number of aromatic nitrogens is 2. The van der Waals surface area contributed by atoms with Gasteiger partial charge in [0.25, 0.3) is 0 Å². The quantitative estimate of drug-likeness (QED) is 0.888. The minimum absolute atomic E-state index is 0.309. The molecule has 1 N–H and O–H groups in total. The van der Waals surface area contributed by atoms with Crippen LogP contribution >= 0.6 is 11.3 Å². The van der Waals surface area contributed by atoms with Crippen molar-refractivity contribution in [2.45, 2.75) is 33.4 Å². The van der Waals surface area contributed by atoms with Gasteiger partial charge in [-0.1, -0.05) is 5.16 Å². The van der Waals surface area contributed by atoms with E-state index in [0.717, 1.165) is 0 Å². The van der Waals surface area contributed by atoms with E-state index in [4.69, 9.17) is 0 Å². The lowest BCUT2D eigenvalue weighted by Crippen LogP contribution is -2.18. The fraction of sp³-hybridized carbons (Fsp3) is 0.455. The summed E-state index contributed by atoms with van der Waals surface area (Å²) in [5, 5.41) is 7.14. The van der Waals surface area contributed by atoms with E-state index in [1.807, 2.05) is 11.3 Å². The van der Waals surface area contributed by atoms with Crippen molar-refractivity contribution in [2.24, 2.45) is 0 Å². The molecule has 0 amide bonds. The van der Waals surface area contributed by atoms with Gasteiger partial charge in [0.05, 0.1) is 6.54 Å². The molecule has 0 aliphatic carbocycles. The fourth-order valence-electron chi connectivity index (χ4n) is 1.71. The smallest absolute Gasteiger partial charge is 0.213 e. The van der Waals surface area contributed by atoms with Crippen molar-refractivity contribution in [3.8, 4) is 0 Å². The van der Waals surface area contributed by atoms with Gasteiger partial charge in [-0.3, -0.25) is 0 Å². The predicted molar refractivity (Wildman–Crippen MR) is 63.3 cm³/mol. The minimum Gasteiger partial charge on any atom is -0.343 e. The summed E-state index contributed by atoms with van der Waals surface area (Å²) >= 11 is 1.83. The Balaban J connectivity index is 1.98. The highest BCUT2D eigenvalue weighted by atomic mass is 32.1. The van der Waals surface area contributed by atoms with Crippen LogP contribution < -0.4 is 5.32 Å². The zero-order valence-corrected chi connectivity index (χ0v) is 10.5. The van der Waals surface area contributed by atoms with Crippen LogP contribution in [0.25, 0.3) is 0 Å². The Hall–Kier alpha value is -1.20. The largest absolute Gasteiger partial charge is 0.343 e. The molecule has 0 fully saturated rings. The van der Waals surface area contributed by atoms with Gasteiger partial charge in [0.1, 0.15) is 0 Å². The first-order valence-corrected chi connectivity index (χ1v) is 6.04. The summed E-state index contributed by atoms with van der Waals surface area (Å²) in [5.41, 5.74) is 1.35. The Kier molecular flexibility index (Phi) is 3.36. The number of hydrogen-bond donors (Lipinski definition) is 1. The van der Waals surface area contributed by atoms with E-state index in [1.54, 1.807) is 0 Å². The first-order valence-electron chi connectivity index (χ1n) is 5.22. The molecule has 0 aliphatic rings. The summed E-state index contributed by atoms with van der Waals surface area (Å²) in [6.07, 6.45) is 1.35. The van der Waals surface area contributed by atoms with Gasteiger partial charge >= 0.3 is 0 Å². The van der Waals surface area contributed by atoms with Crippen LogP contribution in [0.4, 0.5) is 0 Å². The highest BCUT2D eigenvalue weighted by Gasteiger charge is 2.11. The van der Waals surface area contributed by atoms with Gasteiger partial charge in [-0.2, -0.15) is 4.98 Å². The van der Waals surface area contributed by atoms with Crippen LogP contribution in [0.5, 0.6) is 0 Å². The van der Waals surface area contributed by atoms with Crippen LogP contribution in [0.3, 0.4) is 0 Å². The van der Waals surface area contributed by atoms with E-state index in [0.29, 0.717) is 18.4 Å². The molecule has 0 aromatic carbocycles. The van der Waals surface area contributed by atoms with Gasteiger partial charge in [0, 0.05) is 15.8 Å². The number of hydrogen-bond acceptors (Lipinski definition) is 5. The second kappa shape index (κ2) is 4.76. The van der Waals surface area contributed by atoms with Crippen LogP contribution in [0.2, 0.25) is 0 Å². The van der Waals surface area contributed by atoms with E-state index in [2.05, 4.69) is 46.8 Å². The van der Waals surface area contributed by atoms with Crippen molar-refractivity contribution in [1.82, 2.24) is 15.5 Å². The van der Waals surface area contributed by atoms with Gasteiger partial charge in [-0.05, 0) is 32.4 Å². The lowest BCUT2D eigenvalue weighted by atomic mass is 10.1. The van der Waals surface area contributed by atoms with Crippen molar-refractivity contribution in [2.75, 3.05) is 0 Å². The lowest BCUT2D eigenvalue weighted by Gasteiger charge is -2.11. The van der Waals surface area contributed by atoms with Gasteiger partial charge in [-0.15, -0.1) is 11.3 Å². The molecule has 0 saturated heterocycles. The Morgan fingerprint density at radius 3 is 2.88 bits per heavy atom. The van der Waals surface area contributed by atoms with Crippen molar-refractivity contribution in [1.29, 1.82) is 0 Å². The third-order valence-corrected chi connectivity index (χ3v) is 3.50. The summed E-state index contributed by atoms with van der Waals surface area (Å²) in [4.78, 5) is 6.69. The molecule has 0 spiro atoms. The molecule has 2 aromatic rings. The number of rotatable bonds is 4. The minimum atomic E-state index is 0.309. The summed E-state index contributed by atoms with van der Waals surface area (Å²) in [7, 11) is 0. The molecule has 5 heteroatoms. The fourth-order valence-corrected chi connectivity index (χ4v) is 2.73. The molecule has 0 radical (unpaired) electrons. The van der Waals surface area contributed by atoms with Gasteiger partial charge < -0.3 is 9.84 Å². The van der Waals surface area contributed by atoms with Gasteiger partial charge in [-0.25, -0.2) is 0 Å². The number of nitrogens with one attached hydrogen (secondary N) is 1. The second-order valence-electron chi connectivity index (χ2n) is 3.82. The zero-order chi connectivity index (χ0) is 11.5. The van der Waals surface area contributed by atoms with E-state index in [-0.39, 0.29) is 0 Å². The Labute approximate surface area is 98.7 Å². The van der Waals surface area contributed by atoms with E-state index in [1.165, 1.54) is 21.7 Å². The Morgan fingerprint density at radius 2 is 2.31 bits per heavy atom. The van der Waals surface area contributed by atoms with Gasteiger partial charge in [0.2, 0.25) is 6.39 Å². The van der Waals surface area contributed by atoms with Crippen LogP contribution in [-0.4, -0.2) is 10.1 Å². The third-order valence-electron chi connectivity index (χ3n) is 2.52. The molecule has 4 nitrogen and oxygen atoms in total. The summed E-state index contributed by atoms with van der Waals surface area (Å²) in [5.74, 6) is 0.691. The first-order chi connectivity index (χ1) is 7.66. The van der Waals surface area contributed by atoms with Crippen molar-refractivity contribution >= 4 is 11.3 Å². The molecule has 0 saturated carbocycles. The van der Waals surface area contributed by atoms with E-state index < -0.39 is 0 Å². The monoisotopic (exact) mass is 237 g/mol. The zero-order valence-electron chi connectivity index (χ0n) is 9.65. The number of thiophene rings is 1. The molecule has 1 unspecified atom stereocenters. The third kappa shape index (κ3) is 2.48. The average Bonchev–Trinajstić information content (AvgIpc) is 2.84. The van der Waals surface area contributed by atoms with Crippen molar-refractivity contribution in [3.05, 3.63) is 33.6 Å². The molecule has 0 aliphatic heterocycles. The van der Waals surface area contributed by atoms with E-state index >= 15 is 0 Å². The number of nitrogens with zero attached hydrogens (tertiary/aromatic N) is 2. The Morgan fingerprint density at radius 1 is 1.50 bits per heavy atom. The topological polar surface area (TPSA) is 51.0 Å². The standard InChI is InChI=1S/C11H15N3OS/c1-7-4-10(9(3)16-7)8(2)12-5-11-13-6-15-14-11/h4,6,8,12H,5H2,1-3H3. The highest BCUT2D eigenvalue weighted by molar-refractivity contribution is 7.12. The molecule has 0 bridgehead atoms. The normalized spacial score (nSPS) is 12.9. The molecule has 2 heterocycles. The Bertz CT molecular complexity index is 450. The van der Waals surface area contributed by atoms with Crippen LogP contribution in [-0.2, 0) is 6.54 Å². The maximum absolute atomic E-state index is 4.68. The first kappa shape index (κ1) is 11.3. The molecular weight excluding hydrogens is 222 g/mol. The van der Waals surface area contributed by atoms with Crippen molar-refractivity contribution < 1.29 is 4.52 Å².